The number of carboxylic acid groups (broad SMARTS) is 2. The predicted octanol–water partition coefficient (Wildman–Crippen LogP) is 3.55. The standard InChI is InChI=1S/C20H22ClFN2OS.C4H4O4/c21-16-13-20-15(12-17(16)22)18(11-14-3-1-2-4-19(14)26-20)24-7-5-23(6-8-24)9-10-25;5-3(6)1-2-4(7)8/h1-4,12-13,18,25H,5-11H2;1-2H,(H,5,6)(H,7,8)/b;2-1-. The molecule has 2 aliphatic rings. The number of carboxylic acids is 2. The van der Waals surface area contributed by atoms with E-state index < -0.39 is 11.9 Å². The molecule has 2 aromatic rings. The summed E-state index contributed by atoms with van der Waals surface area (Å²) in [6.07, 6.45) is 1.99. The van der Waals surface area contributed by atoms with Gasteiger partial charge in [0, 0.05) is 60.7 Å². The molecule has 10 heteroatoms. The third kappa shape index (κ3) is 7.04. The van der Waals surface area contributed by atoms with Crippen molar-refractivity contribution in [3.05, 3.63) is 70.5 Å². The predicted molar refractivity (Wildman–Crippen MR) is 128 cm³/mol. The molecule has 182 valence electrons. The molecule has 0 spiro atoms. The summed E-state index contributed by atoms with van der Waals surface area (Å²) >= 11 is 7.76. The first kappa shape index (κ1) is 26.2. The van der Waals surface area contributed by atoms with Crippen LogP contribution in [0.3, 0.4) is 0 Å². The SMILES string of the molecule is O=C(O)/C=C\C(=O)O.OCCN1CCN(C2Cc3ccccc3Sc3cc(Cl)c(F)cc32)CC1. The van der Waals surface area contributed by atoms with Crippen LogP contribution in [0.2, 0.25) is 5.02 Å². The largest absolute Gasteiger partial charge is 0.478 e. The fraction of sp³-hybridized carbons (Fsp3) is 0.333. The average molecular weight is 509 g/mol. The first-order valence-electron chi connectivity index (χ1n) is 10.7. The lowest BCUT2D eigenvalue weighted by molar-refractivity contribution is -0.134. The Kier molecular flexibility index (Phi) is 9.49. The van der Waals surface area contributed by atoms with E-state index in [1.807, 2.05) is 6.07 Å². The molecule has 0 amide bonds. The van der Waals surface area contributed by atoms with Gasteiger partial charge >= 0.3 is 11.9 Å². The molecule has 1 fully saturated rings. The normalized spacial score (nSPS) is 18.4. The molecule has 0 saturated carbocycles. The summed E-state index contributed by atoms with van der Waals surface area (Å²) in [6.45, 7) is 4.61. The maximum atomic E-state index is 14.3. The van der Waals surface area contributed by atoms with E-state index >= 15 is 0 Å². The maximum absolute atomic E-state index is 14.3. The van der Waals surface area contributed by atoms with Gasteiger partial charge in [-0.05, 0) is 35.7 Å². The second-order valence-corrected chi connectivity index (χ2v) is 9.34. The lowest BCUT2D eigenvalue weighted by atomic mass is 9.96. The van der Waals surface area contributed by atoms with Gasteiger partial charge in [-0.2, -0.15) is 0 Å². The lowest BCUT2D eigenvalue weighted by Gasteiger charge is -2.39. The summed E-state index contributed by atoms with van der Waals surface area (Å²) in [7, 11) is 0. The van der Waals surface area contributed by atoms with Gasteiger partial charge in [0.25, 0.3) is 0 Å². The number of β-amino-alcohol motifs (C(OH)–C–C–N with tert-alkyl or cyclic N) is 1. The number of aliphatic carboxylic acids is 2. The highest BCUT2D eigenvalue weighted by Crippen LogP contribution is 2.44. The number of fused-ring (bicyclic) bond motifs is 2. The Hall–Kier alpha value is -2.43. The second-order valence-electron chi connectivity index (χ2n) is 7.84. The smallest absolute Gasteiger partial charge is 0.328 e. The highest BCUT2D eigenvalue weighted by atomic mass is 35.5. The van der Waals surface area contributed by atoms with E-state index in [-0.39, 0.29) is 23.5 Å². The van der Waals surface area contributed by atoms with Crippen LogP contribution in [0.1, 0.15) is 17.2 Å². The number of rotatable bonds is 5. The van der Waals surface area contributed by atoms with Gasteiger partial charge in [0.05, 0.1) is 11.6 Å². The molecule has 1 saturated heterocycles. The van der Waals surface area contributed by atoms with Gasteiger partial charge in [-0.3, -0.25) is 9.80 Å². The van der Waals surface area contributed by atoms with Gasteiger partial charge in [0.15, 0.2) is 0 Å². The summed E-state index contributed by atoms with van der Waals surface area (Å²) in [5, 5.41) is 25.0. The molecule has 1 unspecified atom stereocenters. The summed E-state index contributed by atoms with van der Waals surface area (Å²) in [6, 6.07) is 12.0. The molecule has 0 bridgehead atoms. The highest BCUT2D eigenvalue weighted by molar-refractivity contribution is 7.99. The first-order chi connectivity index (χ1) is 16.3. The molecule has 0 aliphatic carbocycles. The minimum Gasteiger partial charge on any atom is -0.478 e. The van der Waals surface area contributed by atoms with Crippen LogP contribution in [0.5, 0.6) is 0 Å². The number of carbonyl (C=O) groups is 2. The molecule has 34 heavy (non-hydrogen) atoms. The average Bonchev–Trinajstić information content (AvgIpc) is 2.96. The molecule has 1 atom stereocenters. The number of hydrogen-bond donors (Lipinski definition) is 3. The lowest BCUT2D eigenvalue weighted by Crippen LogP contribution is -2.48. The number of halogens is 2. The van der Waals surface area contributed by atoms with E-state index in [0.29, 0.717) is 12.2 Å². The molecule has 4 rings (SSSR count). The van der Waals surface area contributed by atoms with E-state index in [0.717, 1.165) is 49.6 Å². The van der Waals surface area contributed by atoms with Crippen molar-refractivity contribution in [3.8, 4) is 0 Å². The molecule has 7 nitrogen and oxygen atoms in total. The zero-order chi connectivity index (χ0) is 24.7. The molecule has 2 aromatic carbocycles. The molecule has 3 N–H and O–H groups in total. The first-order valence-corrected chi connectivity index (χ1v) is 11.9. The fourth-order valence-electron chi connectivity index (χ4n) is 4.01. The van der Waals surface area contributed by atoms with Crippen LogP contribution < -0.4 is 0 Å². The quantitative estimate of drug-likeness (QED) is 0.527. The van der Waals surface area contributed by atoms with Gasteiger partial charge < -0.3 is 15.3 Å². The van der Waals surface area contributed by atoms with Gasteiger partial charge in [-0.25, -0.2) is 14.0 Å². The van der Waals surface area contributed by atoms with Crippen molar-refractivity contribution in [2.45, 2.75) is 22.3 Å². The van der Waals surface area contributed by atoms with Gasteiger partial charge in [-0.15, -0.1) is 0 Å². The Morgan fingerprint density at radius 1 is 1.06 bits per heavy atom. The van der Waals surface area contributed by atoms with E-state index in [1.165, 1.54) is 10.5 Å². The summed E-state index contributed by atoms with van der Waals surface area (Å²) < 4.78 is 14.3. The van der Waals surface area contributed by atoms with E-state index in [9.17, 15) is 14.0 Å². The summed E-state index contributed by atoms with van der Waals surface area (Å²) in [5.41, 5.74) is 2.33. The summed E-state index contributed by atoms with van der Waals surface area (Å²) in [5.74, 6) is -2.86. The molecule has 0 aromatic heterocycles. The number of nitrogens with zero attached hydrogens (tertiary/aromatic N) is 2. The van der Waals surface area contributed by atoms with Crippen molar-refractivity contribution in [2.75, 3.05) is 39.3 Å². The Labute approximate surface area is 206 Å². The van der Waals surface area contributed by atoms with Crippen molar-refractivity contribution < 1.29 is 29.3 Å². The maximum Gasteiger partial charge on any atom is 0.328 e. The number of benzene rings is 2. The third-order valence-electron chi connectivity index (χ3n) is 5.65. The van der Waals surface area contributed by atoms with Crippen LogP contribution in [0.4, 0.5) is 4.39 Å². The number of hydrogen-bond acceptors (Lipinski definition) is 6. The van der Waals surface area contributed by atoms with Gasteiger partial charge in [-0.1, -0.05) is 41.6 Å². The molecule has 2 heterocycles. The topological polar surface area (TPSA) is 101 Å². The number of aliphatic hydroxyl groups excluding tert-OH is 1. The van der Waals surface area contributed by atoms with E-state index in [4.69, 9.17) is 26.9 Å². The number of piperazine rings is 1. The minimum absolute atomic E-state index is 0.143. The second kappa shape index (κ2) is 12.3. The van der Waals surface area contributed by atoms with Crippen LogP contribution in [0, 0.1) is 5.82 Å². The Morgan fingerprint density at radius 3 is 2.32 bits per heavy atom. The molecule has 0 radical (unpaired) electrons. The zero-order valence-electron chi connectivity index (χ0n) is 18.4. The van der Waals surface area contributed by atoms with E-state index in [1.54, 1.807) is 23.9 Å². The Bertz CT molecular complexity index is 1040. The highest BCUT2D eigenvalue weighted by Gasteiger charge is 2.30. The zero-order valence-corrected chi connectivity index (χ0v) is 19.9. The monoisotopic (exact) mass is 508 g/mol. The van der Waals surface area contributed by atoms with Gasteiger partial charge in [0.1, 0.15) is 5.82 Å². The fourth-order valence-corrected chi connectivity index (χ4v) is 5.39. The van der Waals surface area contributed by atoms with Crippen molar-refractivity contribution in [1.29, 1.82) is 0 Å². The summed E-state index contributed by atoms with van der Waals surface area (Å²) in [4.78, 5) is 26.1. The van der Waals surface area contributed by atoms with Crippen LogP contribution in [-0.2, 0) is 16.0 Å². The van der Waals surface area contributed by atoms with Crippen LogP contribution >= 0.6 is 23.4 Å². The molecular weight excluding hydrogens is 483 g/mol. The van der Waals surface area contributed by atoms with Crippen molar-refractivity contribution in [1.82, 2.24) is 9.80 Å². The van der Waals surface area contributed by atoms with Crippen LogP contribution in [-0.4, -0.2) is 76.4 Å². The molecular formula is C24H26ClFN2O5S. The van der Waals surface area contributed by atoms with Gasteiger partial charge in [0.2, 0.25) is 0 Å². The van der Waals surface area contributed by atoms with Crippen LogP contribution in [0.25, 0.3) is 0 Å². The third-order valence-corrected chi connectivity index (χ3v) is 7.13. The van der Waals surface area contributed by atoms with Crippen molar-refractivity contribution in [3.63, 3.8) is 0 Å². The van der Waals surface area contributed by atoms with Crippen molar-refractivity contribution in [2.24, 2.45) is 0 Å². The van der Waals surface area contributed by atoms with E-state index in [2.05, 4.69) is 28.0 Å². The minimum atomic E-state index is -1.26. The Balaban J connectivity index is 0.000000350. The Morgan fingerprint density at radius 2 is 1.71 bits per heavy atom. The van der Waals surface area contributed by atoms with Crippen LogP contribution in [0.15, 0.2) is 58.3 Å². The van der Waals surface area contributed by atoms with Crippen molar-refractivity contribution >= 4 is 35.3 Å². The molecule has 2 aliphatic heterocycles. The number of aliphatic hydroxyl groups is 1.